The van der Waals surface area contributed by atoms with E-state index in [9.17, 15) is 14.4 Å². The van der Waals surface area contributed by atoms with E-state index in [2.05, 4.69) is 33.7 Å². The summed E-state index contributed by atoms with van der Waals surface area (Å²) in [6, 6.07) is 15.0. The van der Waals surface area contributed by atoms with Crippen LogP contribution in [0, 0.1) is 0 Å². The lowest BCUT2D eigenvalue weighted by molar-refractivity contribution is -0.134. The first-order chi connectivity index (χ1) is 21.9. The fourth-order valence-corrected chi connectivity index (χ4v) is 6.63. The topological polar surface area (TPSA) is 79.4 Å². The van der Waals surface area contributed by atoms with Crippen molar-refractivity contribution < 1.29 is 23.9 Å². The van der Waals surface area contributed by atoms with E-state index >= 15 is 0 Å². The predicted octanol–water partition coefficient (Wildman–Crippen LogP) is 5.46. The monoisotopic (exact) mass is 625 g/mol. The fourth-order valence-electron chi connectivity index (χ4n) is 5.97. The average Bonchev–Trinajstić information content (AvgIpc) is 3.58. The normalized spacial score (nSPS) is 18.2. The van der Waals surface area contributed by atoms with Crippen LogP contribution in [0.15, 0.2) is 83.3 Å². The average molecular weight is 626 g/mol. The van der Waals surface area contributed by atoms with Crippen LogP contribution in [0.5, 0.6) is 5.75 Å². The second-order valence-corrected chi connectivity index (χ2v) is 12.7. The van der Waals surface area contributed by atoms with Gasteiger partial charge in [0, 0.05) is 62.5 Å². The number of piperazine rings is 1. The Morgan fingerprint density at radius 3 is 2.42 bits per heavy atom. The van der Waals surface area contributed by atoms with E-state index in [1.54, 1.807) is 29.7 Å². The van der Waals surface area contributed by atoms with E-state index < -0.39 is 0 Å². The van der Waals surface area contributed by atoms with Crippen molar-refractivity contribution in [1.82, 2.24) is 14.7 Å². The second-order valence-electron chi connectivity index (χ2n) is 11.9. The Morgan fingerprint density at radius 1 is 0.933 bits per heavy atom. The minimum atomic E-state index is -0.170. The summed E-state index contributed by atoms with van der Waals surface area (Å²) in [5.41, 5.74) is 4.40. The number of hydrogen-bond donors (Lipinski definition) is 0. The molecule has 0 unspecified atom stereocenters. The van der Waals surface area contributed by atoms with Gasteiger partial charge in [0.2, 0.25) is 0 Å². The molecule has 2 aromatic carbocycles. The fraction of sp³-hybridized carbons (Fsp3) is 0.361. The number of hydrogen-bond acceptors (Lipinski definition) is 8. The molecule has 2 aliphatic heterocycles. The van der Waals surface area contributed by atoms with Crippen LogP contribution >= 0.6 is 11.3 Å². The van der Waals surface area contributed by atoms with Crippen molar-refractivity contribution in [1.29, 1.82) is 0 Å². The van der Waals surface area contributed by atoms with E-state index in [0.717, 1.165) is 69.8 Å². The molecule has 45 heavy (non-hydrogen) atoms. The highest BCUT2D eigenvalue weighted by Crippen LogP contribution is 2.30. The molecule has 1 amide bonds. The molecule has 3 heterocycles. The van der Waals surface area contributed by atoms with Crippen molar-refractivity contribution >= 4 is 28.8 Å². The van der Waals surface area contributed by atoms with E-state index in [1.807, 2.05) is 41.3 Å². The lowest BCUT2D eigenvalue weighted by Gasteiger charge is -2.32. The second kappa shape index (κ2) is 14.4. The highest BCUT2D eigenvalue weighted by Gasteiger charge is 2.26. The molecule has 1 aromatic heterocycles. The van der Waals surface area contributed by atoms with Crippen LogP contribution in [-0.2, 0) is 16.1 Å². The largest absolute Gasteiger partial charge is 0.498 e. The quantitative estimate of drug-likeness (QED) is 0.277. The smallest absolute Gasteiger partial charge is 0.260 e. The summed E-state index contributed by atoms with van der Waals surface area (Å²) in [5, 5.41) is 4.32. The van der Waals surface area contributed by atoms with Crippen molar-refractivity contribution in [2.24, 2.45) is 0 Å². The number of fused-ring (bicyclic) bond motifs is 1. The van der Waals surface area contributed by atoms with Gasteiger partial charge < -0.3 is 19.3 Å². The van der Waals surface area contributed by atoms with Gasteiger partial charge in [-0.3, -0.25) is 19.3 Å². The number of carbonyl (C=O) groups excluding carboxylic acids is 3. The maximum atomic E-state index is 13.2. The van der Waals surface area contributed by atoms with Gasteiger partial charge in [0.05, 0.1) is 6.26 Å². The van der Waals surface area contributed by atoms with Crippen LogP contribution in [0.3, 0.4) is 0 Å². The van der Waals surface area contributed by atoms with Crippen LogP contribution < -0.4 is 4.74 Å². The minimum Gasteiger partial charge on any atom is -0.498 e. The molecule has 2 fully saturated rings. The molecule has 0 saturated carbocycles. The molecule has 0 N–H and O–H groups in total. The molecule has 1 aliphatic carbocycles. The highest BCUT2D eigenvalue weighted by atomic mass is 32.1. The number of likely N-dealkylation sites (N-methyl/N-ethyl adjacent to an activating group) is 1. The third-order valence-corrected chi connectivity index (χ3v) is 9.49. The number of benzene rings is 2. The molecule has 0 spiro atoms. The number of amides is 1. The Bertz CT molecular complexity index is 1560. The number of ketones is 2. The summed E-state index contributed by atoms with van der Waals surface area (Å²) in [6.45, 7) is 6.17. The summed E-state index contributed by atoms with van der Waals surface area (Å²) in [6.07, 6.45) is 7.43. The third kappa shape index (κ3) is 7.79. The van der Waals surface area contributed by atoms with Crippen molar-refractivity contribution in [2.45, 2.75) is 31.9 Å². The van der Waals surface area contributed by atoms with Crippen molar-refractivity contribution in [2.75, 3.05) is 52.9 Å². The van der Waals surface area contributed by atoms with Crippen LogP contribution in [0.25, 0.3) is 11.1 Å². The van der Waals surface area contributed by atoms with Gasteiger partial charge in [0.1, 0.15) is 11.9 Å². The lowest BCUT2D eigenvalue weighted by Crippen LogP contribution is -2.48. The number of allylic oxidation sites excluding steroid dienone is 3. The molecule has 8 nitrogen and oxygen atoms in total. The first kappa shape index (κ1) is 31.0. The predicted molar refractivity (Wildman–Crippen MR) is 176 cm³/mol. The van der Waals surface area contributed by atoms with E-state index in [4.69, 9.17) is 9.47 Å². The Labute approximate surface area is 268 Å². The SMILES string of the molecule is CN1CCN(C(=O)COc2ccc(-c3ccc4c(c3)C(=O)C=C(C/C=C/OC3CCN(Cc5ccsc5)CC3)C4=O)cc2)CC1. The molecular formula is C36H39N3O5S. The zero-order valence-corrected chi connectivity index (χ0v) is 26.5. The number of likely N-dealkylation sites (tertiary alicyclic amines) is 1. The number of ether oxygens (including phenoxy) is 2. The summed E-state index contributed by atoms with van der Waals surface area (Å²) in [4.78, 5) is 45.3. The van der Waals surface area contributed by atoms with E-state index in [0.29, 0.717) is 28.9 Å². The Kier molecular flexibility index (Phi) is 9.88. The zero-order valence-electron chi connectivity index (χ0n) is 25.7. The molecule has 2 saturated heterocycles. The molecule has 6 rings (SSSR count). The van der Waals surface area contributed by atoms with Crippen LogP contribution in [0.2, 0.25) is 0 Å². The third-order valence-electron chi connectivity index (χ3n) is 8.76. The van der Waals surface area contributed by atoms with Gasteiger partial charge in [0.15, 0.2) is 18.2 Å². The van der Waals surface area contributed by atoms with Gasteiger partial charge in [-0.2, -0.15) is 11.3 Å². The number of rotatable bonds is 10. The lowest BCUT2D eigenvalue weighted by atomic mass is 9.86. The molecule has 3 aromatic rings. The molecule has 3 aliphatic rings. The van der Waals surface area contributed by atoms with Gasteiger partial charge in [0.25, 0.3) is 5.91 Å². The van der Waals surface area contributed by atoms with E-state index in [-0.39, 0.29) is 30.2 Å². The van der Waals surface area contributed by atoms with Gasteiger partial charge >= 0.3 is 0 Å². The summed E-state index contributed by atoms with van der Waals surface area (Å²) >= 11 is 1.73. The maximum Gasteiger partial charge on any atom is 0.260 e. The first-order valence-corrected chi connectivity index (χ1v) is 16.5. The molecule has 0 radical (unpaired) electrons. The molecule has 234 valence electrons. The van der Waals surface area contributed by atoms with Crippen LogP contribution in [0.1, 0.15) is 45.5 Å². The minimum absolute atomic E-state index is 0.00408. The zero-order chi connectivity index (χ0) is 31.2. The Hall–Kier alpha value is -4.05. The number of carbonyl (C=O) groups is 3. The Morgan fingerprint density at radius 2 is 1.69 bits per heavy atom. The summed E-state index contributed by atoms with van der Waals surface area (Å²) in [5.74, 6) is 0.295. The maximum absolute atomic E-state index is 13.2. The van der Waals surface area contributed by atoms with Gasteiger partial charge in [-0.25, -0.2) is 0 Å². The first-order valence-electron chi connectivity index (χ1n) is 15.6. The van der Waals surface area contributed by atoms with Gasteiger partial charge in [-0.15, -0.1) is 0 Å². The van der Waals surface area contributed by atoms with Crippen molar-refractivity contribution in [3.8, 4) is 16.9 Å². The van der Waals surface area contributed by atoms with Gasteiger partial charge in [-0.05, 0) is 96.2 Å². The number of piperidine rings is 1. The molecule has 0 bridgehead atoms. The molecule has 9 heteroatoms. The van der Waals surface area contributed by atoms with E-state index in [1.165, 1.54) is 11.6 Å². The number of nitrogens with zero attached hydrogens (tertiary/aromatic N) is 3. The molecular weight excluding hydrogens is 586 g/mol. The summed E-state index contributed by atoms with van der Waals surface area (Å²) < 4.78 is 11.7. The standard InChI is InChI=1S/C36H39N3O5S/c1-37-15-17-39(18-16-37)35(41)24-44-30-7-4-27(5-8-30)28-6-9-32-33(21-28)34(40)22-29(36(32)42)3-2-19-43-31-10-13-38(14-11-31)23-26-12-20-45-25-26/h2,4-9,12,19-22,25,31H,3,10-11,13-18,23-24H2,1H3/b19-2+. The highest BCUT2D eigenvalue weighted by molar-refractivity contribution is 7.07. The summed E-state index contributed by atoms with van der Waals surface area (Å²) in [7, 11) is 2.05. The molecule has 0 atom stereocenters. The van der Waals surface area contributed by atoms with Crippen LogP contribution in [-0.4, -0.2) is 91.2 Å². The van der Waals surface area contributed by atoms with Crippen molar-refractivity contribution in [3.05, 3.63) is 100.0 Å². The van der Waals surface area contributed by atoms with Crippen molar-refractivity contribution in [3.63, 3.8) is 0 Å². The Balaban J connectivity index is 0.988. The van der Waals surface area contributed by atoms with Gasteiger partial charge in [-0.1, -0.05) is 18.2 Å². The number of Topliss-reactive ketones (excluding diaryl/α,β-unsaturated/α-hetero) is 1. The van der Waals surface area contributed by atoms with Crippen LogP contribution in [0.4, 0.5) is 0 Å². The number of thiophene rings is 1.